The van der Waals surface area contributed by atoms with E-state index < -0.39 is 0 Å². The summed E-state index contributed by atoms with van der Waals surface area (Å²) in [4.78, 5) is 2.35. The molecule has 1 fully saturated rings. The summed E-state index contributed by atoms with van der Waals surface area (Å²) in [6, 6.07) is 22.8. The van der Waals surface area contributed by atoms with E-state index in [1.807, 2.05) is 30.3 Å². The van der Waals surface area contributed by atoms with Crippen LogP contribution in [0.15, 0.2) is 71.1 Å². The van der Waals surface area contributed by atoms with Crippen LogP contribution in [0.1, 0.15) is 5.76 Å². The molecule has 1 saturated heterocycles. The van der Waals surface area contributed by atoms with Gasteiger partial charge in [-0.15, -0.1) is 0 Å². The first-order valence-corrected chi connectivity index (χ1v) is 8.69. The molecule has 0 atom stereocenters. The lowest BCUT2D eigenvalue weighted by Crippen LogP contribution is -2.36. The maximum Gasteiger partial charge on any atom is 0.134 e. The van der Waals surface area contributed by atoms with Gasteiger partial charge in [-0.05, 0) is 36.4 Å². The van der Waals surface area contributed by atoms with Gasteiger partial charge >= 0.3 is 0 Å². The van der Waals surface area contributed by atoms with Gasteiger partial charge in [-0.3, -0.25) is 0 Å². The lowest BCUT2D eigenvalue weighted by atomic mass is 10.2. The molecule has 3 aromatic rings. The molecule has 128 valence electrons. The SMILES string of the molecule is c1ccc(-c2ccc(CNc3ccc(N4CCOCC4)cc3)o2)cc1. The smallest absolute Gasteiger partial charge is 0.134 e. The second-order valence-corrected chi connectivity index (χ2v) is 6.13. The summed E-state index contributed by atoms with van der Waals surface area (Å²) in [5, 5.41) is 3.42. The number of ether oxygens (including phenoxy) is 1. The first kappa shape index (κ1) is 15.8. The fourth-order valence-electron chi connectivity index (χ4n) is 3.03. The van der Waals surface area contributed by atoms with E-state index >= 15 is 0 Å². The van der Waals surface area contributed by atoms with Gasteiger partial charge < -0.3 is 19.4 Å². The predicted molar refractivity (Wildman–Crippen MR) is 101 cm³/mol. The summed E-state index contributed by atoms with van der Waals surface area (Å²) in [6.07, 6.45) is 0. The molecule has 0 bridgehead atoms. The Labute approximate surface area is 148 Å². The van der Waals surface area contributed by atoms with Crippen molar-refractivity contribution < 1.29 is 9.15 Å². The number of rotatable bonds is 5. The number of anilines is 2. The molecule has 2 aromatic carbocycles. The zero-order chi connectivity index (χ0) is 16.9. The van der Waals surface area contributed by atoms with E-state index in [9.17, 15) is 0 Å². The minimum absolute atomic E-state index is 0.670. The van der Waals surface area contributed by atoms with Crippen molar-refractivity contribution in [1.29, 1.82) is 0 Å². The molecule has 1 N–H and O–H groups in total. The van der Waals surface area contributed by atoms with Gasteiger partial charge in [0.15, 0.2) is 0 Å². The first-order chi connectivity index (χ1) is 12.4. The lowest BCUT2D eigenvalue weighted by Gasteiger charge is -2.28. The van der Waals surface area contributed by atoms with E-state index in [2.05, 4.69) is 46.6 Å². The Morgan fingerprint density at radius 1 is 0.840 bits per heavy atom. The van der Waals surface area contributed by atoms with E-state index in [1.165, 1.54) is 5.69 Å². The van der Waals surface area contributed by atoms with E-state index in [4.69, 9.17) is 9.15 Å². The maximum atomic E-state index is 5.93. The summed E-state index contributed by atoms with van der Waals surface area (Å²) in [5.41, 5.74) is 3.44. The number of morpholine rings is 1. The van der Waals surface area contributed by atoms with Gasteiger partial charge in [0.05, 0.1) is 19.8 Å². The van der Waals surface area contributed by atoms with Crippen molar-refractivity contribution in [2.45, 2.75) is 6.54 Å². The molecule has 25 heavy (non-hydrogen) atoms. The molecule has 0 radical (unpaired) electrons. The molecule has 2 heterocycles. The Hall–Kier alpha value is -2.72. The second-order valence-electron chi connectivity index (χ2n) is 6.13. The Balaban J connectivity index is 1.36. The molecule has 1 aromatic heterocycles. The molecular weight excluding hydrogens is 312 g/mol. The topological polar surface area (TPSA) is 37.6 Å². The average Bonchev–Trinajstić information content (AvgIpc) is 3.17. The number of hydrogen-bond acceptors (Lipinski definition) is 4. The monoisotopic (exact) mass is 334 g/mol. The largest absolute Gasteiger partial charge is 0.459 e. The highest BCUT2D eigenvalue weighted by Gasteiger charge is 2.10. The maximum absolute atomic E-state index is 5.93. The minimum Gasteiger partial charge on any atom is -0.459 e. The van der Waals surface area contributed by atoms with Crippen molar-refractivity contribution in [2.75, 3.05) is 36.5 Å². The van der Waals surface area contributed by atoms with Crippen molar-refractivity contribution in [1.82, 2.24) is 0 Å². The second kappa shape index (κ2) is 7.45. The van der Waals surface area contributed by atoms with Crippen molar-refractivity contribution in [3.63, 3.8) is 0 Å². The minimum atomic E-state index is 0.670. The highest BCUT2D eigenvalue weighted by Crippen LogP contribution is 2.23. The van der Waals surface area contributed by atoms with Crippen molar-refractivity contribution >= 4 is 11.4 Å². The Kier molecular flexibility index (Phi) is 4.70. The van der Waals surface area contributed by atoms with Crippen molar-refractivity contribution in [3.05, 3.63) is 72.5 Å². The third-order valence-electron chi connectivity index (χ3n) is 4.43. The van der Waals surface area contributed by atoms with E-state index in [0.29, 0.717) is 6.54 Å². The van der Waals surface area contributed by atoms with Gasteiger partial charge in [0.2, 0.25) is 0 Å². The fourth-order valence-corrected chi connectivity index (χ4v) is 3.03. The number of nitrogens with one attached hydrogen (secondary N) is 1. The Morgan fingerprint density at radius 3 is 2.36 bits per heavy atom. The lowest BCUT2D eigenvalue weighted by molar-refractivity contribution is 0.122. The molecule has 0 spiro atoms. The molecule has 4 rings (SSSR count). The quantitative estimate of drug-likeness (QED) is 0.751. The zero-order valence-electron chi connectivity index (χ0n) is 14.2. The molecule has 4 nitrogen and oxygen atoms in total. The molecular formula is C21H22N2O2. The van der Waals surface area contributed by atoms with E-state index in [-0.39, 0.29) is 0 Å². The van der Waals surface area contributed by atoms with Crippen molar-refractivity contribution in [2.24, 2.45) is 0 Å². The van der Waals surface area contributed by atoms with Crippen LogP contribution in [0.5, 0.6) is 0 Å². The van der Waals surface area contributed by atoms with Crippen LogP contribution < -0.4 is 10.2 Å². The summed E-state index contributed by atoms with van der Waals surface area (Å²) in [6.45, 7) is 4.21. The van der Waals surface area contributed by atoms with Gasteiger partial charge in [0.25, 0.3) is 0 Å². The predicted octanol–water partition coefficient (Wildman–Crippen LogP) is 4.40. The Morgan fingerprint density at radius 2 is 1.60 bits per heavy atom. The molecule has 4 heteroatoms. The third-order valence-corrected chi connectivity index (χ3v) is 4.43. The molecule has 1 aliphatic rings. The molecule has 0 unspecified atom stereocenters. The summed E-state index contributed by atoms with van der Waals surface area (Å²) >= 11 is 0. The summed E-state index contributed by atoms with van der Waals surface area (Å²) in [7, 11) is 0. The van der Waals surface area contributed by atoms with Gasteiger partial charge in [0.1, 0.15) is 11.5 Å². The van der Waals surface area contributed by atoms with E-state index in [0.717, 1.165) is 49.1 Å². The van der Waals surface area contributed by atoms with Crippen molar-refractivity contribution in [3.8, 4) is 11.3 Å². The molecule has 1 aliphatic heterocycles. The summed E-state index contributed by atoms with van der Waals surface area (Å²) < 4.78 is 11.3. The zero-order valence-corrected chi connectivity index (χ0v) is 14.2. The molecule has 0 amide bonds. The summed E-state index contributed by atoms with van der Waals surface area (Å²) in [5.74, 6) is 1.83. The molecule has 0 saturated carbocycles. The molecule has 0 aliphatic carbocycles. The van der Waals surface area contributed by atoms with Crippen LogP contribution >= 0.6 is 0 Å². The third kappa shape index (κ3) is 3.86. The standard InChI is InChI=1S/C21H22N2O2/c1-2-4-17(5-3-1)21-11-10-20(25-21)16-22-18-6-8-19(9-7-18)23-12-14-24-15-13-23/h1-11,22H,12-16H2. The Bertz CT molecular complexity index is 790. The van der Waals surface area contributed by atoms with Gasteiger partial charge in [0, 0.05) is 30.0 Å². The van der Waals surface area contributed by atoms with Gasteiger partial charge in [-0.25, -0.2) is 0 Å². The number of benzene rings is 2. The number of nitrogens with zero attached hydrogens (tertiary/aromatic N) is 1. The van der Waals surface area contributed by atoms with Crippen LogP contribution in [0.4, 0.5) is 11.4 Å². The number of furan rings is 1. The van der Waals surface area contributed by atoms with Crippen LogP contribution in [0, 0.1) is 0 Å². The van der Waals surface area contributed by atoms with Crippen LogP contribution in [-0.2, 0) is 11.3 Å². The van der Waals surface area contributed by atoms with Gasteiger partial charge in [-0.2, -0.15) is 0 Å². The fraction of sp³-hybridized carbons (Fsp3) is 0.238. The normalized spacial score (nSPS) is 14.5. The van der Waals surface area contributed by atoms with Crippen LogP contribution in [0.2, 0.25) is 0 Å². The number of hydrogen-bond donors (Lipinski definition) is 1. The van der Waals surface area contributed by atoms with Gasteiger partial charge in [-0.1, -0.05) is 30.3 Å². The van der Waals surface area contributed by atoms with Crippen LogP contribution in [0.25, 0.3) is 11.3 Å². The van der Waals surface area contributed by atoms with Crippen LogP contribution in [0.3, 0.4) is 0 Å². The highest BCUT2D eigenvalue weighted by molar-refractivity contribution is 5.58. The highest BCUT2D eigenvalue weighted by atomic mass is 16.5. The van der Waals surface area contributed by atoms with Crippen LogP contribution in [-0.4, -0.2) is 26.3 Å². The first-order valence-electron chi connectivity index (χ1n) is 8.69. The van der Waals surface area contributed by atoms with E-state index in [1.54, 1.807) is 0 Å². The average molecular weight is 334 g/mol.